The molecule has 116 valence electrons. The van der Waals surface area contributed by atoms with E-state index in [1.54, 1.807) is 0 Å². The molecule has 1 rings (SSSR count). The minimum absolute atomic E-state index is 0.0805. The average Bonchev–Trinajstić information content (AvgIpc) is 2.71. The molecular formula is C11H13NO8S. The standard InChI is InChI=1S/C11H13NO8S/c1-5-7(20-10(16)19-5)4-18-11(17)21-6(2)9(15)12-3-8(13)14/h6H,3-4H2,1-2H3,(H,12,15)(H,13,14). The number of aryl methyl sites for hydroxylation is 1. The Morgan fingerprint density at radius 3 is 2.57 bits per heavy atom. The second kappa shape index (κ2) is 7.53. The highest BCUT2D eigenvalue weighted by molar-refractivity contribution is 8.14. The van der Waals surface area contributed by atoms with Gasteiger partial charge in [-0.15, -0.1) is 0 Å². The largest absolute Gasteiger partial charge is 0.519 e. The monoisotopic (exact) mass is 319 g/mol. The van der Waals surface area contributed by atoms with Crippen molar-refractivity contribution in [1.29, 1.82) is 0 Å². The van der Waals surface area contributed by atoms with E-state index >= 15 is 0 Å². The summed E-state index contributed by atoms with van der Waals surface area (Å²) in [6.07, 6.45) is 0. The molecule has 1 unspecified atom stereocenters. The van der Waals surface area contributed by atoms with E-state index in [1.807, 2.05) is 0 Å². The molecule has 0 bridgehead atoms. The highest BCUT2D eigenvalue weighted by Crippen LogP contribution is 2.16. The van der Waals surface area contributed by atoms with Gasteiger partial charge in [0.1, 0.15) is 6.54 Å². The molecule has 21 heavy (non-hydrogen) atoms. The summed E-state index contributed by atoms with van der Waals surface area (Å²) in [5.74, 6) is -2.41. The third-order valence-electron chi connectivity index (χ3n) is 2.21. The summed E-state index contributed by atoms with van der Waals surface area (Å²) in [4.78, 5) is 44.0. The molecule has 1 heterocycles. The molecule has 0 aromatic carbocycles. The third kappa shape index (κ3) is 5.73. The second-order valence-corrected chi connectivity index (χ2v) is 5.12. The van der Waals surface area contributed by atoms with Gasteiger partial charge in [-0.05, 0) is 25.6 Å². The molecule has 0 aliphatic carbocycles. The van der Waals surface area contributed by atoms with E-state index in [-0.39, 0.29) is 18.1 Å². The van der Waals surface area contributed by atoms with Gasteiger partial charge in [-0.1, -0.05) is 0 Å². The average molecular weight is 319 g/mol. The number of hydrogen-bond acceptors (Lipinski definition) is 8. The fourth-order valence-electron chi connectivity index (χ4n) is 1.17. The first-order chi connectivity index (χ1) is 9.79. The van der Waals surface area contributed by atoms with E-state index in [1.165, 1.54) is 13.8 Å². The third-order valence-corrected chi connectivity index (χ3v) is 3.09. The zero-order chi connectivity index (χ0) is 16.0. The molecule has 9 nitrogen and oxygen atoms in total. The van der Waals surface area contributed by atoms with Crippen LogP contribution < -0.4 is 11.1 Å². The Bertz CT molecular complexity index is 589. The molecule has 1 aromatic rings. The van der Waals surface area contributed by atoms with Gasteiger partial charge in [0.05, 0.1) is 5.25 Å². The first-order valence-electron chi connectivity index (χ1n) is 5.72. The van der Waals surface area contributed by atoms with E-state index in [0.29, 0.717) is 11.8 Å². The van der Waals surface area contributed by atoms with Crippen molar-refractivity contribution in [2.75, 3.05) is 6.54 Å². The van der Waals surface area contributed by atoms with E-state index in [9.17, 15) is 19.2 Å². The summed E-state index contributed by atoms with van der Waals surface area (Å²) in [7, 11) is 0. The van der Waals surface area contributed by atoms with Crippen LogP contribution in [0.5, 0.6) is 0 Å². The van der Waals surface area contributed by atoms with Crippen LogP contribution in [-0.4, -0.2) is 34.1 Å². The molecule has 0 saturated carbocycles. The molecule has 1 atom stereocenters. The molecule has 1 amide bonds. The number of aliphatic carboxylic acids is 1. The molecule has 1 aromatic heterocycles. The minimum Gasteiger partial charge on any atom is -0.480 e. The molecule has 0 saturated heterocycles. The Hall–Kier alpha value is -2.23. The van der Waals surface area contributed by atoms with Crippen LogP contribution in [-0.2, 0) is 20.9 Å². The SMILES string of the molecule is Cc1oc(=O)oc1COC(=O)SC(C)C(=O)NCC(=O)O. The summed E-state index contributed by atoms with van der Waals surface area (Å²) in [5.41, 5.74) is 0. The van der Waals surface area contributed by atoms with Crippen LogP contribution in [0.2, 0.25) is 0 Å². The van der Waals surface area contributed by atoms with Crippen molar-refractivity contribution < 1.29 is 33.1 Å². The minimum atomic E-state index is -1.19. The van der Waals surface area contributed by atoms with Crippen molar-refractivity contribution in [1.82, 2.24) is 5.32 Å². The normalized spacial score (nSPS) is 11.7. The van der Waals surface area contributed by atoms with Crippen LogP contribution in [0.3, 0.4) is 0 Å². The highest BCUT2D eigenvalue weighted by Gasteiger charge is 2.20. The predicted octanol–water partition coefficient (Wildman–Crippen LogP) is 0.500. The molecule has 0 aliphatic rings. The quantitative estimate of drug-likeness (QED) is 0.718. The predicted molar refractivity (Wildman–Crippen MR) is 69.9 cm³/mol. The summed E-state index contributed by atoms with van der Waals surface area (Å²) in [6, 6.07) is 0. The van der Waals surface area contributed by atoms with Gasteiger partial charge < -0.3 is 24.0 Å². The molecule has 2 N–H and O–H groups in total. The topological polar surface area (TPSA) is 136 Å². The number of hydrogen-bond donors (Lipinski definition) is 2. The fourth-order valence-corrected chi connectivity index (χ4v) is 1.78. The van der Waals surface area contributed by atoms with Gasteiger partial charge in [-0.3, -0.25) is 9.59 Å². The van der Waals surface area contributed by atoms with Gasteiger partial charge in [0.25, 0.3) is 0 Å². The van der Waals surface area contributed by atoms with Crippen molar-refractivity contribution in [2.45, 2.75) is 25.7 Å². The van der Waals surface area contributed by atoms with E-state index < -0.39 is 34.8 Å². The number of amides is 1. The van der Waals surface area contributed by atoms with Crippen LogP contribution in [0.1, 0.15) is 18.4 Å². The number of nitrogens with one attached hydrogen (secondary N) is 1. The van der Waals surface area contributed by atoms with Crippen LogP contribution >= 0.6 is 11.8 Å². The number of ether oxygens (including phenoxy) is 1. The molecule has 0 radical (unpaired) electrons. The van der Waals surface area contributed by atoms with Gasteiger partial charge in [0.15, 0.2) is 18.1 Å². The molecule has 0 aliphatic heterocycles. The lowest BCUT2D eigenvalue weighted by molar-refractivity contribution is -0.137. The maximum absolute atomic E-state index is 11.5. The summed E-state index contributed by atoms with van der Waals surface area (Å²) in [6.45, 7) is 2.07. The van der Waals surface area contributed by atoms with Crippen LogP contribution in [0, 0.1) is 6.92 Å². The van der Waals surface area contributed by atoms with Gasteiger partial charge in [0, 0.05) is 0 Å². The Labute approximate surface area is 122 Å². The van der Waals surface area contributed by atoms with E-state index in [4.69, 9.17) is 9.84 Å². The number of rotatable bonds is 6. The number of carboxylic acids is 1. The number of carbonyl (C=O) groups excluding carboxylic acids is 2. The number of thioether (sulfide) groups is 1. The van der Waals surface area contributed by atoms with Crippen LogP contribution in [0.25, 0.3) is 0 Å². The zero-order valence-electron chi connectivity index (χ0n) is 11.2. The van der Waals surface area contributed by atoms with Crippen LogP contribution in [0.15, 0.2) is 13.6 Å². The maximum atomic E-state index is 11.5. The Morgan fingerprint density at radius 2 is 2.05 bits per heavy atom. The fraction of sp³-hybridized carbons (Fsp3) is 0.455. The summed E-state index contributed by atoms with van der Waals surface area (Å²) < 4.78 is 14.0. The molecule has 0 fully saturated rings. The Morgan fingerprint density at radius 1 is 1.38 bits per heavy atom. The Balaban J connectivity index is 2.39. The van der Waals surface area contributed by atoms with Crippen molar-refractivity contribution in [3.05, 3.63) is 22.1 Å². The lowest BCUT2D eigenvalue weighted by Gasteiger charge is -2.09. The van der Waals surface area contributed by atoms with Gasteiger partial charge >= 0.3 is 17.1 Å². The second-order valence-electron chi connectivity index (χ2n) is 3.84. The van der Waals surface area contributed by atoms with Crippen LogP contribution in [0.4, 0.5) is 4.79 Å². The molecular weight excluding hydrogens is 306 g/mol. The first-order valence-corrected chi connectivity index (χ1v) is 6.60. The number of carboxylic acid groups (broad SMARTS) is 1. The molecule has 0 spiro atoms. The van der Waals surface area contributed by atoms with Crippen molar-refractivity contribution in [2.24, 2.45) is 0 Å². The first kappa shape index (κ1) is 16.8. The van der Waals surface area contributed by atoms with Crippen molar-refractivity contribution >= 4 is 28.9 Å². The van der Waals surface area contributed by atoms with E-state index in [2.05, 4.69) is 14.2 Å². The lowest BCUT2D eigenvalue weighted by Crippen LogP contribution is -2.35. The zero-order valence-corrected chi connectivity index (χ0v) is 12.0. The van der Waals surface area contributed by atoms with Gasteiger partial charge in [0.2, 0.25) is 5.91 Å². The lowest BCUT2D eigenvalue weighted by atomic mass is 10.4. The molecule has 10 heteroatoms. The number of carbonyl (C=O) groups is 3. The van der Waals surface area contributed by atoms with Gasteiger partial charge in [-0.2, -0.15) is 0 Å². The van der Waals surface area contributed by atoms with Gasteiger partial charge in [-0.25, -0.2) is 9.59 Å². The highest BCUT2D eigenvalue weighted by atomic mass is 32.2. The smallest absolute Gasteiger partial charge is 0.480 e. The van der Waals surface area contributed by atoms with Crippen molar-refractivity contribution in [3.63, 3.8) is 0 Å². The Kier molecular flexibility index (Phi) is 6.03. The maximum Gasteiger partial charge on any atom is 0.519 e. The van der Waals surface area contributed by atoms with Crippen molar-refractivity contribution in [3.8, 4) is 0 Å². The van der Waals surface area contributed by atoms with E-state index in [0.717, 1.165) is 0 Å². The summed E-state index contributed by atoms with van der Waals surface area (Å²) in [5, 5.41) is 8.95. The summed E-state index contributed by atoms with van der Waals surface area (Å²) >= 11 is 0.575.